The average molecular weight is 400 g/mol. The van der Waals surface area contributed by atoms with Gasteiger partial charge in [0.1, 0.15) is 18.2 Å². The summed E-state index contributed by atoms with van der Waals surface area (Å²) in [7, 11) is 0. The standard InChI is InChI=1S/C19H15BrFN3O/c20-17-7-2-1-6-16(17)19-22-9-15-11-23(18(25)12-24(15)19)10-13-4-3-5-14(21)8-13/h1-9H,10-12H2. The average Bonchev–Trinajstić information content (AvgIpc) is 2.98. The van der Waals surface area contributed by atoms with Crippen LogP contribution in [0.15, 0.2) is 59.2 Å². The van der Waals surface area contributed by atoms with Crippen LogP contribution in [0.3, 0.4) is 0 Å². The summed E-state index contributed by atoms with van der Waals surface area (Å²) in [6.07, 6.45) is 1.81. The highest BCUT2D eigenvalue weighted by molar-refractivity contribution is 9.10. The Labute approximate surface area is 153 Å². The highest BCUT2D eigenvalue weighted by Crippen LogP contribution is 2.29. The van der Waals surface area contributed by atoms with E-state index in [-0.39, 0.29) is 18.3 Å². The molecule has 0 radical (unpaired) electrons. The molecule has 0 spiro atoms. The third-order valence-corrected chi connectivity index (χ3v) is 5.01. The molecule has 2 heterocycles. The molecule has 1 amide bonds. The number of carbonyl (C=O) groups is 1. The molecule has 2 aromatic carbocycles. The molecule has 0 saturated carbocycles. The van der Waals surface area contributed by atoms with E-state index in [1.165, 1.54) is 12.1 Å². The lowest BCUT2D eigenvalue weighted by Gasteiger charge is -2.29. The second-order valence-electron chi connectivity index (χ2n) is 6.02. The van der Waals surface area contributed by atoms with Crippen LogP contribution in [0.25, 0.3) is 11.4 Å². The fourth-order valence-electron chi connectivity index (χ4n) is 3.09. The fraction of sp³-hybridized carbons (Fsp3) is 0.158. The molecule has 0 unspecified atom stereocenters. The molecule has 126 valence electrons. The van der Waals surface area contributed by atoms with E-state index < -0.39 is 0 Å². The van der Waals surface area contributed by atoms with E-state index in [1.54, 1.807) is 17.2 Å². The van der Waals surface area contributed by atoms with Gasteiger partial charge in [-0.05, 0) is 23.8 Å². The molecular formula is C19H15BrFN3O. The Morgan fingerprint density at radius 3 is 2.76 bits per heavy atom. The number of hydrogen-bond donors (Lipinski definition) is 0. The van der Waals surface area contributed by atoms with Crippen molar-refractivity contribution in [1.29, 1.82) is 0 Å². The van der Waals surface area contributed by atoms with E-state index in [1.807, 2.05) is 34.9 Å². The van der Waals surface area contributed by atoms with Gasteiger partial charge in [0.25, 0.3) is 0 Å². The molecule has 0 atom stereocenters. The predicted molar refractivity (Wildman–Crippen MR) is 96.0 cm³/mol. The van der Waals surface area contributed by atoms with E-state index in [0.29, 0.717) is 13.1 Å². The van der Waals surface area contributed by atoms with Crippen LogP contribution in [-0.4, -0.2) is 20.4 Å². The molecule has 0 fully saturated rings. The first-order valence-electron chi connectivity index (χ1n) is 7.93. The third kappa shape index (κ3) is 3.09. The van der Waals surface area contributed by atoms with Gasteiger partial charge < -0.3 is 9.47 Å². The van der Waals surface area contributed by atoms with Crippen LogP contribution in [0.5, 0.6) is 0 Å². The van der Waals surface area contributed by atoms with Crippen LogP contribution in [-0.2, 0) is 24.4 Å². The highest BCUT2D eigenvalue weighted by Gasteiger charge is 2.26. The number of fused-ring (bicyclic) bond motifs is 1. The number of amides is 1. The molecular weight excluding hydrogens is 385 g/mol. The number of benzene rings is 2. The summed E-state index contributed by atoms with van der Waals surface area (Å²) in [5, 5.41) is 0. The normalized spacial score (nSPS) is 13.8. The molecule has 0 saturated heterocycles. The molecule has 0 bridgehead atoms. The van der Waals surface area contributed by atoms with Crippen molar-refractivity contribution in [3.63, 3.8) is 0 Å². The van der Waals surface area contributed by atoms with Crippen molar-refractivity contribution in [2.45, 2.75) is 19.6 Å². The lowest BCUT2D eigenvalue weighted by atomic mass is 10.1. The number of imidazole rings is 1. The van der Waals surface area contributed by atoms with Gasteiger partial charge in [0.15, 0.2) is 0 Å². The zero-order chi connectivity index (χ0) is 17.4. The molecule has 1 aliphatic rings. The SMILES string of the molecule is O=C1Cn2c(cnc2-c2ccccc2Br)CN1Cc1cccc(F)c1. The zero-order valence-corrected chi connectivity index (χ0v) is 14.9. The molecule has 4 rings (SSSR count). The van der Waals surface area contributed by atoms with E-state index >= 15 is 0 Å². The summed E-state index contributed by atoms with van der Waals surface area (Å²) in [6.45, 7) is 1.10. The molecule has 25 heavy (non-hydrogen) atoms. The first-order valence-corrected chi connectivity index (χ1v) is 8.72. The summed E-state index contributed by atoms with van der Waals surface area (Å²) in [6, 6.07) is 14.2. The number of halogens is 2. The van der Waals surface area contributed by atoms with Gasteiger partial charge in [-0.25, -0.2) is 9.37 Å². The van der Waals surface area contributed by atoms with Crippen molar-refractivity contribution in [3.05, 3.63) is 76.3 Å². The Morgan fingerprint density at radius 1 is 1.12 bits per heavy atom. The van der Waals surface area contributed by atoms with Gasteiger partial charge in [0, 0.05) is 16.6 Å². The molecule has 1 aromatic heterocycles. The minimum Gasteiger partial charge on any atom is -0.331 e. The summed E-state index contributed by atoms with van der Waals surface area (Å²) in [4.78, 5) is 18.8. The molecule has 0 aliphatic carbocycles. The van der Waals surface area contributed by atoms with Crippen LogP contribution >= 0.6 is 15.9 Å². The first kappa shape index (κ1) is 16.0. The quantitative estimate of drug-likeness (QED) is 0.667. The van der Waals surface area contributed by atoms with Gasteiger partial charge in [-0.1, -0.05) is 46.3 Å². The monoisotopic (exact) mass is 399 g/mol. The van der Waals surface area contributed by atoms with Crippen molar-refractivity contribution >= 4 is 21.8 Å². The summed E-state index contributed by atoms with van der Waals surface area (Å²) in [5.41, 5.74) is 2.72. The van der Waals surface area contributed by atoms with Gasteiger partial charge in [0.05, 0.1) is 18.4 Å². The largest absolute Gasteiger partial charge is 0.331 e. The van der Waals surface area contributed by atoms with Crippen LogP contribution in [0.2, 0.25) is 0 Å². The van der Waals surface area contributed by atoms with Gasteiger partial charge >= 0.3 is 0 Å². The number of nitrogens with zero attached hydrogens (tertiary/aromatic N) is 3. The number of carbonyl (C=O) groups excluding carboxylic acids is 1. The summed E-state index contributed by atoms with van der Waals surface area (Å²) >= 11 is 3.54. The maximum atomic E-state index is 13.4. The second-order valence-corrected chi connectivity index (χ2v) is 6.87. The lowest BCUT2D eigenvalue weighted by molar-refractivity contribution is -0.134. The maximum absolute atomic E-state index is 13.4. The van der Waals surface area contributed by atoms with E-state index in [0.717, 1.165) is 27.1 Å². The van der Waals surface area contributed by atoms with Crippen LogP contribution in [0, 0.1) is 5.82 Å². The lowest BCUT2D eigenvalue weighted by Crippen LogP contribution is -2.38. The molecule has 0 N–H and O–H groups in total. The Kier molecular flexibility index (Phi) is 4.13. The molecule has 4 nitrogen and oxygen atoms in total. The zero-order valence-electron chi connectivity index (χ0n) is 13.3. The molecule has 1 aliphatic heterocycles. The van der Waals surface area contributed by atoms with Crippen molar-refractivity contribution in [1.82, 2.24) is 14.5 Å². The molecule has 3 aromatic rings. The van der Waals surface area contributed by atoms with Crippen LogP contribution in [0.4, 0.5) is 4.39 Å². The van der Waals surface area contributed by atoms with Gasteiger partial charge in [0.2, 0.25) is 5.91 Å². The Hall–Kier alpha value is -2.47. The minimum atomic E-state index is -0.289. The Balaban J connectivity index is 1.62. The van der Waals surface area contributed by atoms with E-state index in [2.05, 4.69) is 20.9 Å². The number of aromatic nitrogens is 2. The van der Waals surface area contributed by atoms with Crippen LogP contribution in [0.1, 0.15) is 11.3 Å². The smallest absolute Gasteiger partial charge is 0.243 e. The van der Waals surface area contributed by atoms with Gasteiger partial charge in [-0.15, -0.1) is 0 Å². The van der Waals surface area contributed by atoms with Gasteiger partial charge in [-0.2, -0.15) is 0 Å². The predicted octanol–water partition coefficient (Wildman–Crippen LogP) is 3.99. The molecule has 6 heteroatoms. The number of rotatable bonds is 3. The highest BCUT2D eigenvalue weighted by atomic mass is 79.9. The maximum Gasteiger partial charge on any atom is 0.243 e. The minimum absolute atomic E-state index is 0.00284. The Bertz CT molecular complexity index is 953. The van der Waals surface area contributed by atoms with Crippen LogP contribution < -0.4 is 0 Å². The van der Waals surface area contributed by atoms with Crippen molar-refractivity contribution in [2.75, 3.05) is 0 Å². The first-order chi connectivity index (χ1) is 12.1. The van der Waals surface area contributed by atoms with Gasteiger partial charge in [-0.3, -0.25) is 4.79 Å². The van der Waals surface area contributed by atoms with Crippen molar-refractivity contribution in [3.8, 4) is 11.4 Å². The third-order valence-electron chi connectivity index (χ3n) is 4.31. The van der Waals surface area contributed by atoms with Crippen molar-refractivity contribution < 1.29 is 9.18 Å². The van der Waals surface area contributed by atoms with E-state index in [9.17, 15) is 9.18 Å². The summed E-state index contributed by atoms with van der Waals surface area (Å²) < 4.78 is 16.3. The van der Waals surface area contributed by atoms with E-state index in [4.69, 9.17) is 0 Å². The Morgan fingerprint density at radius 2 is 1.96 bits per heavy atom. The summed E-state index contributed by atoms with van der Waals surface area (Å²) in [5.74, 6) is 0.493. The number of hydrogen-bond acceptors (Lipinski definition) is 2. The van der Waals surface area contributed by atoms with Crippen molar-refractivity contribution in [2.24, 2.45) is 0 Å². The topological polar surface area (TPSA) is 38.1 Å². The fourth-order valence-corrected chi connectivity index (χ4v) is 3.55. The second kappa shape index (κ2) is 6.44.